The first-order valence-electron chi connectivity index (χ1n) is 7.29. The number of carbonyl (C=O) groups is 1. The van der Waals surface area contributed by atoms with E-state index in [0.29, 0.717) is 31.7 Å². The third kappa shape index (κ3) is 3.23. The summed E-state index contributed by atoms with van der Waals surface area (Å²) in [6.45, 7) is 5.76. The fourth-order valence-corrected chi connectivity index (χ4v) is 3.13. The molecule has 104 valence electrons. The molecule has 0 aromatic carbocycles. The molecule has 2 fully saturated rings. The molecule has 0 spiro atoms. The van der Waals surface area contributed by atoms with Crippen molar-refractivity contribution in [1.82, 2.24) is 9.80 Å². The Bertz CT molecular complexity index is 288. The van der Waals surface area contributed by atoms with Crippen molar-refractivity contribution < 1.29 is 9.90 Å². The summed E-state index contributed by atoms with van der Waals surface area (Å²) >= 11 is 0. The second-order valence-corrected chi connectivity index (χ2v) is 6.01. The average molecular weight is 254 g/mol. The van der Waals surface area contributed by atoms with E-state index < -0.39 is 6.10 Å². The van der Waals surface area contributed by atoms with Crippen LogP contribution in [0.5, 0.6) is 0 Å². The molecular formula is C14H26N2O2. The van der Waals surface area contributed by atoms with Crippen LogP contribution in [0, 0.1) is 0 Å². The quantitative estimate of drug-likeness (QED) is 0.806. The molecule has 2 rings (SSSR count). The lowest BCUT2D eigenvalue weighted by atomic mass is 9.94. The van der Waals surface area contributed by atoms with Crippen LogP contribution in [0.2, 0.25) is 0 Å². The predicted molar refractivity (Wildman–Crippen MR) is 71.3 cm³/mol. The van der Waals surface area contributed by atoms with E-state index in [4.69, 9.17) is 0 Å². The first-order chi connectivity index (χ1) is 8.58. The molecule has 0 bridgehead atoms. The molecule has 1 heterocycles. The summed E-state index contributed by atoms with van der Waals surface area (Å²) in [5.41, 5.74) is 0. The number of β-amino-alcohol motifs (C(OH)–C–C–N with tert-alkyl or cyclic N) is 1. The van der Waals surface area contributed by atoms with E-state index in [2.05, 4.69) is 18.7 Å². The van der Waals surface area contributed by atoms with Gasteiger partial charge in [-0.1, -0.05) is 19.3 Å². The van der Waals surface area contributed by atoms with E-state index in [-0.39, 0.29) is 5.91 Å². The molecule has 1 aliphatic heterocycles. The second kappa shape index (κ2) is 6.02. The van der Waals surface area contributed by atoms with Gasteiger partial charge < -0.3 is 10.0 Å². The van der Waals surface area contributed by atoms with E-state index in [1.165, 1.54) is 19.3 Å². The smallest absolute Gasteiger partial charge is 0.237 e. The van der Waals surface area contributed by atoms with E-state index in [9.17, 15) is 9.90 Å². The van der Waals surface area contributed by atoms with Crippen molar-refractivity contribution in [3.05, 3.63) is 0 Å². The number of hydrogen-bond donors (Lipinski definition) is 1. The minimum Gasteiger partial charge on any atom is -0.390 e. The predicted octanol–water partition coefficient (Wildman–Crippen LogP) is 1.23. The molecule has 1 aliphatic carbocycles. The molecule has 1 unspecified atom stereocenters. The van der Waals surface area contributed by atoms with Crippen molar-refractivity contribution in [3.8, 4) is 0 Å². The molecule has 0 radical (unpaired) electrons. The highest BCUT2D eigenvalue weighted by Gasteiger charge is 2.32. The van der Waals surface area contributed by atoms with Crippen LogP contribution in [-0.4, -0.2) is 58.6 Å². The van der Waals surface area contributed by atoms with Crippen LogP contribution in [0.1, 0.15) is 46.0 Å². The highest BCUT2D eigenvalue weighted by Crippen LogP contribution is 2.24. The maximum absolute atomic E-state index is 12.3. The maximum atomic E-state index is 12.3. The van der Waals surface area contributed by atoms with E-state index in [1.54, 1.807) is 0 Å². The lowest BCUT2D eigenvalue weighted by molar-refractivity contribution is -0.134. The number of amides is 1. The molecule has 1 atom stereocenters. The number of hydrogen-bond acceptors (Lipinski definition) is 3. The van der Waals surface area contributed by atoms with Gasteiger partial charge >= 0.3 is 0 Å². The fourth-order valence-electron chi connectivity index (χ4n) is 3.13. The van der Waals surface area contributed by atoms with Crippen molar-refractivity contribution in [3.63, 3.8) is 0 Å². The maximum Gasteiger partial charge on any atom is 0.237 e. The number of rotatable bonds is 2. The van der Waals surface area contributed by atoms with Crippen molar-refractivity contribution >= 4 is 5.91 Å². The lowest BCUT2D eigenvalue weighted by Gasteiger charge is -2.34. The number of aliphatic hydroxyl groups excluding tert-OH is 1. The lowest BCUT2D eigenvalue weighted by Crippen LogP contribution is -2.45. The Labute approximate surface area is 110 Å². The van der Waals surface area contributed by atoms with Gasteiger partial charge in [0.2, 0.25) is 5.91 Å². The van der Waals surface area contributed by atoms with Gasteiger partial charge in [0, 0.05) is 25.2 Å². The molecule has 4 nitrogen and oxygen atoms in total. The van der Waals surface area contributed by atoms with Gasteiger partial charge in [-0.15, -0.1) is 0 Å². The largest absolute Gasteiger partial charge is 0.390 e. The molecule has 0 aromatic rings. The third-order valence-corrected chi connectivity index (χ3v) is 4.26. The van der Waals surface area contributed by atoms with Crippen LogP contribution < -0.4 is 0 Å². The molecular weight excluding hydrogens is 228 g/mol. The minimum absolute atomic E-state index is 0.201. The number of aliphatic hydroxyl groups is 1. The van der Waals surface area contributed by atoms with Crippen LogP contribution in [0.15, 0.2) is 0 Å². The van der Waals surface area contributed by atoms with E-state index in [1.807, 2.05) is 4.90 Å². The highest BCUT2D eigenvalue weighted by molar-refractivity contribution is 5.79. The zero-order valence-corrected chi connectivity index (χ0v) is 11.6. The van der Waals surface area contributed by atoms with Crippen LogP contribution in [0.4, 0.5) is 0 Å². The molecule has 1 amide bonds. The molecule has 2 aliphatic rings. The molecule has 1 saturated carbocycles. The fraction of sp³-hybridized carbons (Fsp3) is 0.929. The van der Waals surface area contributed by atoms with Crippen LogP contribution >= 0.6 is 0 Å². The second-order valence-electron chi connectivity index (χ2n) is 6.01. The highest BCUT2D eigenvalue weighted by atomic mass is 16.3. The summed E-state index contributed by atoms with van der Waals surface area (Å²) in [4.78, 5) is 16.4. The van der Waals surface area contributed by atoms with Gasteiger partial charge in [0.15, 0.2) is 0 Å². The Morgan fingerprint density at radius 2 is 1.83 bits per heavy atom. The standard InChI is InChI=1S/C14H26N2O2/c1-11(2)15-8-13(17)9-16(14(18)10-15)12-6-4-3-5-7-12/h11-13,17H,3-10H2,1-2H3. The first-order valence-corrected chi connectivity index (χ1v) is 7.29. The Morgan fingerprint density at radius 3 is 2.44 bits per heavy atom. The topological polar surface area (TPSA) is 43.8 Å². The minimum atomic E-state index is -0.402. The van der Waals surface area contributed by atoms with Gasteiger partial charge in [0.05, 0.1) is 12.6 Å². The van der Waals surface area contributed by atoms with Gasteiger partial charge in [-0.05, 0) is 26.7 Å². The number of nitrogens with zero attached hydrogens (tertiary/aromatic N) is 2. The summed E-state index contributed by atoms with van der Waals surface area (Å²) in [5.74, 6) is 0.201. The van der Waals surface area contributed by atoms with Crippen LogP contribution in [0.3, 0.4) is 0 Å². The molecule has 1 N–H and O–H groups in total. The van der Waals surface area contributed by atoms with Crippen molar-refractivity contribution in [2.75, 3.05) is 19.6 Å². The van der Waals surface area contributed by atoms with E-state index in [0.717, 1.165) is 12.8 Å². The Balaban J connectivity index is 2.04. The summed E-state index contributed by atoms with van der Waals surface area (Å²) in [6, 6.07) is 0.683. The molecule has 0 aromatic heterocycles. The average Bonchev–Trinajstić information content (AvgIpc) is 2.50. The summed E-state index contributed by atoms with van der Waals surface area (Å²) < 4.78 is 0. The van der Waals surface area contributed by atoms with Gasteiger partial charge in [-0.3, -0.25) is 9.69 Å². The number of carbonyl (C=O) groups excluding carboxylic acids is 1. The van der Waals surface area contributed by atoms with Gasteiger partial charge in [0.25, 0.3) is 0 Å². The molecule has 18 heavy (non-hydrogen) atoms. The Morgan fingerprint density at radius 1 is 1.17 bits per heavy atom. The van der Waals surface area contributed by atoms with E-state index >= 15 is 0 Å². The van der Waals surface area contributed by atoms with Gasteiger partial charge in [-0.25, -0.2) is 0 Å². The van der Waals surface area contributed by atoms with Crippen LogP contribution in [0.25, 0.3) is 0 Å². The zero-order chi connectivity index (χ0) is 13.1. The Kier molecular flexibility index (Phi) is 4.62. The summed E-state index contributed by atoms with van der Waals surface area (Å²) in [7, 11) is 0. The zero-order valence-electron chi connectivity index (χ0n) is 11.6. The molecule has 1 saturated heterocycles. The van der Waals surface area contributed by atoms with Crippen molar-refractivity contribution in [2.24, 2.45) is 0 Å². The summed E-state index contributed by atoms with van der Waals surface area (Å²) in [6.07, 6.45) is 5.55. The van der Waals surface area contributed by atoms with Crippen LogP contribution in [-0.2, 0) is 4.79 Å². The Hall–Kier alpha value is -0.610. The SMILES string of the molecule is CC(C)N1CC(=O)N(C2CCCCC2)CC(O)C1. The monoisotopic (exact) mass is 254 g/mol. The third-order valence-electron chi connectivity index (χ3n) is 4.26. The van der Waals surface area contributed by atoms with Crippen molar-refractivity contribution in [1.29, 1.82) is 0 Å². The van der Waals surface area contributed by atoms with Gasteiger partial charge in [-0.2, -0.15) is 0 Å². The first kappa shape index (κ1) is 13.8. The normalized spacial score (nSPS) is 28.8. The van der Waals surface area contributed by atoms with Gasteiger partial charge in [0.1, 0.15) is 0 Å². The summed E-state index contributed by atoms with van der Waals surface area (Å²) in [5, 5.41) is 10.1. The molecule has 4 heteroatoms. The van der Waals surface area contributed by atoms with Crippen molar-refractivity contribution in [2.45, 2.75) is 64.1 Å².